The second kappa shape index (κ2) is 5.57. The molecule has 114 valence electrons. The highest BCUT2D eigenvalue weighted by Crippen LogP contribution is 2.39. The first-order valence-electron chi connectivity index (χ1n) is 6.84. The molecule has 1 fully saturated rings. The summed E-state index contributed by atoms with van der Waals surface area (Å²) in [6, 6.07) is 6.27. The Morgan fingerprint density at radius 3 is 2.33 bits per heavy atom. The summed E-state index contributed by atoms with van der Waals surface area (Å²) < 4.78 is 40.1. The predicted octanol–water partition coefficient (Wildman–Crippen LogP) is 2.92. The van der Waals surface area contributed by atoms with Gasteiger partial charge in [0.25, 0.3) is 0 Å². The van der Waals surface area contributed by atoms with E-state index in [0.717, 1.165) is 6.07 Å². The third-order valence-electron chi connectivity index (χ3n) is 3.76. The van der Waals surface area contributed by atoms with Crippen LogP contribution in [0.2, 0.25) is 0 Å². The Morgan fingerprint density at radius 1 is 1.19 bits per heavy atom. The van der Waals surface area contributed by atoms with Gasteiger partial charge in [-0.2, -0.15) is 18.4 Å². The van der Waals surface area contributed by atoms with Crippen LogP contribution in [0.1, 0.15) is 25.0 Å². The standard InChI is InChI=1S/C15H18F3N3/c1-14(2,10-19)11-3-4-13(12(9-11)15(16,17)18)21-7-5-20-6-8-21/h3-4,9,20H,5-8H2,1-2H3. The van der Waals surface area contributed by atoms with Crippen LogP contribution >= 0.6 is 0 Å². The number of halogens is 3. The summed E-state index contributed by atoms with van der Waals surface area (Å²) >= 11 is 0. The highest BCUT2D eigenvalue weighted by atomic mass is 19.4. The van der Waals surface area contributed by atoms with Crippen LogP contribution in [0, 0.1) is 11.3 Å². The molecule has 1 aliphatic rings. The average Bonchev–Trinajstić information content (AvgIpc) is 2.46. The fraction of sp³-hybridized carbons (Fsp3) is 0.533. The first-order valence-corrected chi connectivity index (χ1v) is 6.84. The maximum Gasteiger partial charge on any atom is 0.418 e. The van der Waals surface area contributed by atoms with Crippen molar-refractivity contribution in [1.29, 1.82) is 5.26 Å². The molecule has 0 aliphatic carbocycles. The number of anilines is 1. The highest BCUT2D eigenvalue weighted by Gasteiger charge is 2.36. The van der Waals surface area contributed by atoms with E-state index < -0.39 is 17.2 Å². The van der Waals surface area contributed by atoms with E-state index >= 15 is 0 Å². The second-order valence-corrected chi connectivity index (χ2v) is 5.70. The van der Waals surface area contributed by atoms with Crippen molar-refractivity contribution >= 4 is 5.69 Å². The monoisotopic (exact) mass is 297 g/mol. The van der Waals surface area contributed by atoms with Gasteiger partial charge in [-0.15, -0.1) is 0 Å². The largest absolute Gasteiger partial charge is 0.418 e. The number of nitrogens with one attached hydrogen (secondary N) is 1. The lowest BCUT2D eigenvalue weighted by Crippen LogP contribution is -2.44. The Balaban J connectivity index is 2.49. The van der Waals surface area contributed by atoms with E-state index in [-0.39, 0.29) is 5.69 Å². The van der Waals surface area contributed by atoms with Gasteiger partial charge in [0, 0.05) is 31.9 Å². The predicted molar refractivity (Wildman–Crippen MR) is 75.2 cm³/mol. The van der Waals surface area contributed by atoms with E-state index in [9.17, 15) is 13.2 Å². The summed E-state index contributed by atoms with van der Waals surface area (Å²) in [7, 11) is 0. The second-order valence-electron chi connectivity index (χ2n) is 5.70. The average molecular weight is 297 g/mol. The fourth-order valence-electron chi connectivity index (χ4n) is 2.40. The van der Waals surface area contributed by atoms with Gasteiger partial charge in [0.15, 0.2) is 0 Å². The summed E-state index contributed by atoms with van der Waals surface area (Å²) in [5, 5.41) is 12.2. The SMILES string of the molecule is CC(C)(C#N)c1ccc(N2CCNCC2)c(C(F)(F)F)c1. The molecule has 0 bridgehead atoms. The molecule has 0 saturated carbocycles. The summed E-state index contributed by atoms with van der Waals surface area (Å²) in [6.45, 7) is 5.67. The number of hydrogen-bond acceptors (Lipinski definition) is 3. The molecule has 3 nitrogen and oxygen atoms in total. The van der Waals surface area contributed by atoms with Gasteiger partial charge in [0.2, 0.25) is 0 Å². The summed E-state index contributed by atoms with van der Waals surface area (Å²) in [5.74, 6) is 0. The van der Waals surface area contributed by atoms with Gasteiger partial charge in [-0.1, -0.05) is 6.07 Å². The van der Waals surface area contributed by atoms with Crippen LogP contribution in [-0.4, -0.2) is 26.2 Å². The topological polar surface area (TPSA) is 39.1 Å². The molecule has 1 aromatic carbocycles. The molecule has 1 aromatic rings. The minimum Gasteiger partial charge on any atom is -0.368 e. The highest BCUT2D eigenvalue weighted by molar-refractivity contribution is 5.58. The molecule has 0 atom stereocenters. The molecule has 0 unspecified atom stereocenters. The summed E-state index contributed by atoms with van der Waals surface area (Å²) in [4.78, 5) is 1.74. The zero-order valence-corrected chi connectivity index (χ0v) is 12.1. The lowest BCUT2D eigenvalue weighted by molar-refractivity contribution is -0.137. The van der Waals surface area contributed by atoms with Crippen LogP contribution < -0.4 is 10.2 Å². The van der Waals surface area contributed by atoms with E-state index in [0.29, 0.717) is 31.7 Å². The lowest BCUT2D eigenvalue weighted by Gasteiger charge is -2.32. The van der Waals surface area contributed by atoms with Crippen molar-refractivity contribution in [3.05, 3.63) is 29.3 Å². The molecule has 1 heterocycles. The van der Waals surface area contributed by atoms with Crippen LogP contribution in [0.4, 0.5) is 18.9 Å². The Hall–Kier alpha value is -1.74. The van der Waals surface area contributed by atoms with Crippen LogP contribution in [0.15, 0.2) is 18.2 Å². The van der Waals surface area contributed by atoms with Gasteiger partial charge < -0.3 is 10.2 Å². The Kier molecular flexibility index (Phi) is 4.15. The molecule has 2 rings (SSSR count). The molecule has 0 aromatic heterocycles. The third-order valence-corrected chi connectivity index (χ3v) is 3.76. The molecule has 0 spiro atoms. The lowest BCUT2D eigenvalue weighted by atomic mass is 9.85. The quantitative estimate of drug-likeness (QED) is 0.912. The van der Waals surface area contributed by atoms with Gasteiger partial charge >= 0.3 is 6.18 Å². The Bertz CT molecular complexity index is 552. The zero-order valence-electron chi connectivity index (χ0n) is 12.1. The fourth-order valence-corrected chi connectivity index (χ4v) is 2.40. The number of benzene rings is 1. The van der Waals surface area contributed by atoms with Crippen molar-refractivity contribution in [3.8, 4) is 6.07 Å². The zero-order chi connectivity index (χ0) is 15.7. The van der Waals surface area contributed by atoms with Crippen molar-refractivity contribution < 1.29 is 13.2 Å². The van der Waals surface area contributed by atoms with Crippen molar-refractivity contribution in [2.75, 3.05) is 31.1 Å². The van der Waals surface area contributed by atoms with E-state index in [1.54, 1.807) is 24.8 Å². The van der Waals surface area contributed by atoms with Crippen LogP contribution in [0.5, 0.6) is 0 Å². The van der Waals surface area contributed by atoms with Crippen molar-refractivity contribution in [3.63, 3.8) is 0 Å². The molecule has 21 heavy (non-hydrogen) atoms. The Labute approximate surface area is 122 Å². The van der Waals surface area contributed by atoms with E-state index in [1.165, 1.54) is 6.07 Å². The van der Waals surface area contributed by atoms with E-state index in [4.69, 9.17) is 5.26 Å². The molecule has 0 amide bonds. The number of rotatable bonds is 2. The van der Waals surface area contributed by atoms with E-state index in [1.807, 2.05) is 6.07 Å². The molecule has 6 heteroatoms. The normalized spacial score (nSPS) is 16.7. The van der Waals surface area contributed by atoms with Crippen LogP contribution in [0.3, 0.4) is 0 Å². The smallest absolute Gasteiger partial charge is 0.368 e. The van der Waals surface area contributed by atoms with Gasteiger partial charge in [0.05, 0.1) is 17.0 Å². The van der Waals surface area contributed by atoms with Crippen molar-refractivity contribution in [2.24, 2.45) is 0 Å². The summed E-state index contributed by atoms with van der Waals surface area (Å²) in [6.07, 6.45) is -4.43. The van der Waals surface area contributed by atoms with Crippen molar-refractivity contribution in [1.82, 2.24) is 5.32 Å². The van der Waals surface area contributed by atoms with Gasteiger partial charge in [0.1, 0.15) is 0 Å². The van der Waals surface area contributed by atoms with Crippen LogP contribution in [0.25, 0.3) is 0 Å². The molecular formula is C15H18F3N3. The molecule has 0 radical (unpaired) electrons. The summed E-state index contributed by atoms with van der Waals surface area (Å²) in [5.41, 5.74) is -1.02. The minimum atomic E-state index is -4.43. The van der Waals surface area contributed by atoms with Gasteiger partial charge in [-0.25, -0.2) is 0 Å². The molecule has 1 N–H and O–H groups in total. The first kappa shape index (κ1) is 15.6. The third kappa shape index (κ3) is 3.30. The molecule has 1 aliphatic heterocycles. The first-order chi connectivity index (χ1) is 9.75. The number of piperazine rings is 1. The number of nitriles is 1. The Morgan fingerprint density at radius 2 is 1.81 bits per heavy atom. The number of alkyl halides is 3. The molecule has 1 saturated heterocycles. The van der Waals surface area contributed by atoms with E-state index in [2.05, 4.69) is 5.32 Å². The minimum absolute atomic E-state index is 0.196. The van der Waals surface area contributed by atoms with Gasteiger partial charge in [-0.05, 0) is 31.5 Å². The van der Waals surface area contributed by atoms with Crippen LogP contribution in [-0.2, 0) is 11.6 Å². The van der Waals surface area contributed by atoms with Crippen molar-refractivity contribution in [2.45, 2.75) is 25.4 Å². The number of nitrogens with zero attached hydrogens (tertiary/aromatic N) is 2. The number of hydrogen-bond donors (Lipinski definition) is 1. The van der Waals surface area contributed by atoms with Gasteiger partial charge in [-0.3, -0.25) is 0 Å². The maximum atomic E-state index is 13.4. The molecular weight excluding hydrogens is 279 g/mol. The maximum absolute atomic E-state index is 13.4.